The fraction of sp³-hybridized carbons (Fsp3) is 0.529. The molecule has 0 unspecified atom stereocenters. The zero-order chi connectivity index (χ0) is 19.0. The van der Waals surface area contributed by atoms with E-state index in [1.54, 1.807) is 11.8 Å². The Morgan fingerprint density at radius 1 is 1.37 bits per heavy atom. The van der Waals surface area contributed by atoms with Gasteiger partial charge in [-0.1, -0.05) is 6.07 Å². The Morgan fingerprint density at radius 3 is 3.00 bits per heavy atom. The minimum atomic E-state index is -3.77. The number of thioether (sulfide) groups is 1. The first-order valence-electron chi connectivity index (χ1n) is 8.70. The number of hydrogen-bond donors (Lipinski definition) is 2. The molecule has 1 aromatic rings. The van der Waals surface area contributed by atoms with Gasteiger partial charge in [0, 0.05) is 25.4 Å². The molecule has 27 heavy (non-hydrogen) atoms. The molecule has 3 heterocycles. The first kappa shape index (κ1) is 18.3. The van der Waals surface area contributed by atoms with Crippen LogP contribution in [0.5, 0.6) is 11.5 Å². The first-order valence-corrected chi connectivity index (χ1v) is 9.85. The summed E-state index contributed by atoms with van der Waals surface area (Å²) in [5, 5.41) is 5.94. The smallest absolute Gasteiger partial charge is 0.395 e. The molecule has 0 spiro atoms. The molecule has 0 saturated carbocycles. The number of hydrogen-bond acceptors (Lipinski definition) is 6. The molecule has 3 aliphatic heterocycles. The molecule has 2 atom stereocenters. The lowest BCUT2D eigenvalue weighted by molar-refractivity contribution is -0.286. The highest BCUT2D eigenvalue weighted by molar-refractivity contribution is 7.99. The van der Waals surface area contributed by atoms with Crippen molar-refractivity contribution in [2.24, 2.45) is 5.92 Å². The number of nitrogens with zero attached hydrogens (tertiary/aromatic N) is 1. The number of halogens is 2. The molecule has 2 fully saturated rings. The number of carbonyl (C=O) groups is 2. The van der Waals surface area contributed by atoms with E-state index in [4.69, 9.17) is 0 Å². The lowest BCUT2D eigenvalue weighted by Gasteiger charge is -2.19. The molecule has 2 amide bonds. The predicted molar refractivity (Wildman–Crippen MR) is 93.9 cm³/mol. The van der Waals surface area contributed by atoms with Crippen molar-refractivity contribution in [1.82, 2.24) is 15.5 Å². The summed E-state index contributed by atoms with van der Waals surface area (Å²) < 4.78 is 35.3. The third kappa shape index (κ3) is 3.81. The summed E-state index contributed by atoms with van der Waals surface area (Å²) in [6.07, 6.45) is -3.14. The fourth-order valence-corrected chi connectivity index (χ4v) is 4.40. The summed E-state index contributed by atoms with van der Waals surface area (Å²) in [5.74, 6) is 0.942. The van der Waals surface area contributed by atoms with Crippen LogP contribution in [0.25, 0.3) is 0 Å². The van der Waals surface area contributed by atoms with Crippen molar-refractivity contribution >= 4 is 23.6 Å². The van der Waals surface area contributed by atoms with Crippen LogP contribution in [0.15, 0.2) is 18.2 Å². The normalized spacial score (nSPS) is 25.6. The van der Waals surface area contributed by atoms with Gasteiger partial charge in [0.15, 0.2) is 11.5 Å². The van der Waals surface area contributed by atoms with Gasteiger partial charge in [0.1, 0.15) is 0 Å². The SMILES string of the molecule is O=C(NC[C@@H]1CN[C@H](C(=O)N2CCSC2)C1)c1cccc2c1OC(F)(F)O2. The highest BCUT2D eigenvalue weighted by Crippen LogP contribution is 2.43. The van der Waals surface area contributed by atoms with Crippen molar-refractivity contribution in [2.45, 2.75) is 18.8 Å². The first-order chi connectivity index (χ1) is 12.9. The quantitative estimate of drug-likeness (QED) is 0.793. The number of nitrogens with one attached hydrogen (secondary N) is 2. The van der Waals surface area contributed by atoms with Gasteiger partial charge in [-0.2, -0.15) is 0 Å². The highest BCUT2D eigenvalue weighted by atomic mass is 32.2. The number of para-hydroxylation sites is 1. The van der Waals surface area contributed by atoms with Gasteiger partial charge in [0.2, 0.25) is 5.91 Å². The van der Waals surface area contributed by atoms with Gasteiger partial charge in [-0.15, -0.1) is 20.5 Å². The van der Waals surface area contributed by atoms with Gasteiger partial charge in [0.25, 0.3) is 5.91 Å². The van der Waals surface area contributed by atoms with Crippen molar-refractivity contribution in [3.05, 3.63) is 23.8 Å². The van der Waals surface area contributed by atoms with Gasteiger partial charge in [-0.25, -0.2) is 0 Å². The van der Waals surface area contributed by atoms with E-state index in [1.807, 2.05) is 4.90 Å². The van der Waals surface area contributed by atoms with Crippen LogP contribution in [0.1, 0.15) is 16.8 Å². The van der Waals surface area contributed by atoms with Gasteiger partial charge < -0.3 is 25.0 Å². The molecule has 0 aromatic heterocycles. The van der Waals surface area contributed by atoms with Gasteiger partial charge >= 0.3 is 6.29 Å². The van der Waals surface area contributed by atoms with E-state index in [9.17, 15) is 18.4 Å². The number of carbonyl (C=O) groups excluding carboxylic acids is 2. The second kappa shape index (κ2) is 7.16. The molecular weight excluding hydrogens is 380 g/mol. The fourth-order valence-electron chi connectivity index (χ4n) is 3.44. The molecule has 0 bridgehead atoms. The molecule has 7 nitrogen and oxygen atoms in total. The van der Waals surface area contributed by atoms with Crippen LogP contribution in [0, 0.1) is 5.92 Å². The molecular formula is C17H19F2N3O4S. The van der Waals surface area contributed by atoms with E-state index < -0.39 is 12.2 Å². The Morgan fingerprint density at radius 2 is 2.22 bits per heavy atom. The third-order valence-electron chi connectivity index (χ3n) is 4.81. The summed E-state index contributed by atoms with van der Waals surface area (Å²) in [7, 11) is 0. The average molecular weight is 399 g/mol. The van der Waals surface area contributed by atoms with Crippen LogP contribution in [-0.4, -0.2) is 60.3 Å². The summed E-state index contributed by atoms with van der Waals surface area (Å²) in [6, 6.07) is 3.95. The van der Waals surface area contributed by atoms with Crippen molar-refractivity contribution < 1.29 is 27.8 Å². The number of ether oxygens (including phenoxy) is 2. The van der Waals surface area contributed by atoms with E-state index in [0.29, 0.717) is 19.5 Å². The van der Waals surface area contributed by atoms with Gasteiger partial charge in [0.05, 0.1) is 17.5 Å². The molecule has 4 rings (SSSR count). The van der Waals surface area contributed by atoms with E-state index in [0.717, 1.165) is 18.2 Å². The topological polar surface area (TPSA) is 79.9 Å². The van der Waals surface area contributed by atoms with E-state index in [1.165, 1.54) is 18.2 Å². The molecule has 10 heteroatoms. The average Bonchev–Trinajstić information content (AvgIpc) is 3.36. The molecule has 3 aliphatic rings. The molecule has 146 valence electrons. The van der Waals surface area contributed by atoms with Crippen LogP contribution < -0.4 is 20.1 Å². The number of benzene rings is 1. The van der Waals surface area contributed by atoms with E-state index in [2.05, 4.69) is 20.1 Å². The molecule has 0 aliphatic carbocycles. The number of fused-ring (bicyclic) bond motifs is 1. The maximum absolute atomic E-state index is 13.2. The minimum Gasteiger partial charge on any atom is -0.395 e. The van der Waals surface area contributed by atoms with Gasteiger partial charge in [-0.3, -0.25) is 9.59 Å². The Balaban J connectivity index is 1.32. The van der Waals surface area contributed by atoms with Crippen molar-refractivity contribution in [3.8, 4) is 11.5 Å². The van der Waals surface area contributed by atoms with E-state index >= 15 is 0 Å². The Labute approximate surface area is 158 Å². The number of alkyl halides is 2. The van der Waals surface area contributed by atoms with Crippen LogP contribution in [-0.2, 0) is 4.79 Å². The minimum absolute atomic E-state index is 0.00245. The predicted octanol–water partition coefficient (Wildman–Crippen LogP) is 1.25. The molecule has 0 radical (unpaired) electrons. The maximum Gasteiger partial charge on any atom is 0.586 e. The lowest BCUT2D eigenvalue weighted by Crippen LogP contribution is -2.42. The zero-order valence-corrected chi connectivity index (χ0v) is 15.2. The highest BCUT2D eigenvalue weighted by Gasteiger charge is 2.45. The van der Waals surface area contributed by atoms with Crippen LogP contribution in [0.2, 0.25) is 0 Å². The molecule has 2 N–H and O–H groups in total. The van der Waals surface area contributed by atoms with Crippen LogP contribution in [0.4, 0.5) is 8.78 Å². The second-order valence-corrected chi connectivity index (χ2v) is 7.79. The van der Waals surface area contributed by atoms with Crippen molar-refractivity contribution in [2.75, 3.05) is 31.3 Å². The molecule has 1 aromatic carbocycles. The van der Waals surface area contributed by atoms with Crippen LogP contribution >= 0.6 is 11.8 Å². The Bertz CT molecular complexity index is 758. The van der Waals surface area contributed by atoms with Gasteiger partial charge in [-0.05, 0) is 24.5 Å². The summed E-state index contributed by atoms with van der Waals surface area (Å²) >= 11 is 1.74. The number of amides is 2. The summed E-state index contributed by atoms with van der Waals surface area (Å²) in [4.78, 5) is 26.7. The van der Waals surface area contributed by atoms with Crippen molar-refractivity contribution in [1.29, 1.82) is 0 Å². The third-order valence-corrected chi connectivity index (χ3v) is 5.77. The van der Waals surface area contributed by atoms with Crippen LogP contribution in [0.3, 0.4) is 0 Å². The Hall–Kier alpha value is -2.07. The monoisotopic (exact) mass is 399 g/mol. The summed E-state index contributed by atoms with van der Waals surface area (Å²) in [6.45, 7) is 1.72. The maximum atomic E-state index is 13.2. The standard InChI is InChI=1S/C17H19F2N3O4S/c18-17(19)25-13-3-1-2-11(14(13)26-17)15(23)21-8-10-6-12(20-7-10)16(24)22-4-5-27-9-22/h1-3,10,12,20H,4-9H2,(H,21,23)/t10-,12-/m0/s1. The van der Waals surface area contributed by atoms with Crippen molar-refractivity contribution in [3.63, 3.8) is 0 Å². The summed E-state index contributed by atoms with van der Waals surface area (Å²) in [5.41, 5.74) is -0.00245. The Kier molecular flexibility index (Phi) is 4.85. The zero-order valence-electron chi connectivity index (χ0n) is 14.4. The largest absolute Gasteiger partial charge is 0.586 e. The van der Waals surface area contributed by atoms with E-state index in [-0.39, 0.29) is 34.9 Å². The number of rotatable bonds is 4. The molecule has 2 saturated heterocycles. The lowest BCUT2D eigenvalue weighted by atomic mass is 10.0. The second-order valence-electron chi connectivity index (χ2n) is 6.71.